The van der Waals surface area contributed by atoms with E-state index in [1.54, 1.807) is 36.4 Å². The number of anilines is 2. The summed E-state index contributed by atoms with van der Waals surface area (Å²) >= 11 is 1.39. The Morgan fingerprint density at radius 3 is 2.00 bits per heavy atom. The molecule has 6 nitrogen and oxygen atoms in total. The van der Waals surface area contributed by atoms with E-state index in [-0.39, 0.29) is 35.3 Å². The highest BCUT2D eigenvalue weighted by Crippen LogP contribution is 2.40. The molecule has 1 N–H and O–H groups in total. The Bertz CT molecular complexity index is 1340. The summed E-state index contributed by atoms with van der Waals surface area (Å²) < 4.78 is 0. The predicted octanol–water partition coefficient (Wildman–Crippen LogP) is 5.82. The number of hydrogen-bond acceptors (Lipinski definition) is 5. The third-order valence-electron chi connectivity index (χ3n) is 6.76. The minimum atomic E-state index is -0.538. The van der Waals surface area contributed by atoms with Crippen molar-refractivity contribution in [2.24, 2.45) is 11.8 Å². The van der Waals surface area contributed by atoms with Gasteiger partial charge in [0.25, 0.3) is 0 Å². The lowest BCUT2D eigenvalue weighted by Gasteiger charge is -2.19. The van der Waals surface area contributed by atoms with E-state index in [0.29, 0.717) is 29.8 Å². The molecule has 0 radical (unpaired) electrons. The predicted molar refractivity (Wildman–Crippen MR) is 144 cm³/mol. The number of carbonyl (C=O) groups is 4. The standard InChI is InChI=1S/C30H26N2O4S/c1-19(33)20-11-13-22(14-12-20)31-28(34)27(21-7-3-2-4-8-21)37-24-17-15-23(16-18-24)32-29(35)25-9-5-6-10-26(25)30(32)36/h2-8,11-18,25-27H,9-10H2,1H3,(H,31,34)/t25-,26+,27-/m0/s1. The molecule has 5 rings (SSSR count). The number of rotatable bonds is 7. The molecule has 1 aliphatic heterocycles. The fraction of sp³-hybridized carbons (Fsp3) is 0.200. The van der Waals surface area contributed by atoms with Gasteiger partial charge in [0.15, 0.2) is 5.78 Å². The molecule has 3 aromatic rings. The topological polar surface area (TPSA) is 83.6 Å². The maximum Gasteiger partial charge on any atom is 0.242 e. The molecule has 1 aliphatic carbocycles. The molecule has 3 aromatic carbocycles. The molecule has 37 heavy (non-hydrogen) atoms. The number of ketones is 1. The molecule has 0 saturated carbocycles. The maximum atomic E-state index is 13.3. The van der Waals surface area contributed by atoms with Gasteiger partial charge in [-0.15, -0.1) is 11.8 Å². The van der Waals surface area contributed by atoms with Crippen molar-refractivity contribution in [1.29, 1.82) is 0 Å². The van der Waals surface area contributed by atoms with Crippen molar-refractivity contribution in [3.8, 4) is 0 Å². The quantitative estimate of drug-likeness (QED) is 0.188. The van der Waals surface area contributed by atoms with Gasteiger partial charge in [-0.1, -0.05) is 42.5 Å². The largest absolute Gasteiger partial charge is 0.325 e. The number of imide groups is 1. The molecule has 3 amide bonds. The van der Waals surface area contributed by atoms with Crippen molar-refractivity contribution in [2.75, 3.05) is 10.2 Å². The fourth-order valence-electron chi connectivity index (χ4n) is 4.76. The van der Waals surface area contributed by atoms with Gasteiger partial charge in [0.1, 0.15) is 5.25 Å². The van der Waals surface area contributed by atoms with E-state index in [2.05, 4.69) is 5.32 Å². The van der Waals surface area contributed by atoms with Crippen LogP contribution in [0.3, 0.4) is 0 Å². The molecule has 186 valence electrons. The minimum absolute atomic E-state index is 0.0354. The van der Waals surface area contributed by atoms with Crippen LogP contribution in [0.5, 0.6) is 0 Å². The van der Waals surface area contributed by atoms with Gasteiger partial charge in [-0.2, -0.15) is 0 Å². The number of hydrogen-bond donors (Lipinski definition) is 1. The lowest BCUT2D eigenvalue weighted by atomic mass is 9.85. The number of allylic oxidation sites excluding steroid dienone is 2. The second-order valence-electron chi connectivity index (χ2n) is 9.19. The number of carbonyl (C=O) groups excluding carboxylic acids is 4. The Morgan fingerprint density at radius 2 is 1.43 bits per heavy atom. The zero-order chi connectivity index (χ0) is 25.9. The first-order chi connectivity index (χ1) is 17.9. The van der Waals surface area contributed by atoms with Crippen LogP contribution in [0.2, 0.25) is 0 Å². The summed E-state index contributed by atoms with van der Waals surface area (Å²) in [6, 6.07) is 23.5. The molecule has 7 heteroatoms. The first-order valence-corrected chi connectivity index (χ1v) is 13.1. The van der Waals surface area contributed by atoms with E-state index >= 15 is 0 Å². The normalized spacial score (nSPS) is 19.4. The molecule has 1 saturated heterocycles. The number of thioether (sulfide) groups is 1. The average Bonchev–Trinajstić information content (AvgIpc) is 3.18. The van der Waals surface area contributed by atoms with Gasteiger partial charge in [-0.25, -0.2) is 0 Å². The van der Waals surface area contributed by atoms with E-state index in [1.807, 2.05) is 54.6 Å². The number of fused-ring (bicyclic) bond motifs is 1. The molecule has 1 fully saturated rings. The van der Waals surface area contributed by atoms with Crippen LogP contribution in [0.4, 0.5) is 11.4 Å². The summed E-state index contributed by atoms with van der Waals surface area (Å²) in [5.41, 5.74) is 2.59. The van der Waals surface area contributed by atoms with Crippen molar-refractivity contribution in [3.05, 3.63) is 102 Å². The van der Waals surface area contributed by atoms with Crippen LogP contribution in [-0.4, -0.2) is 23.5 Å². The van der Waals surface area contributed by atoms with Crippen LogP contribution in [0.1, 0.15) is 40.9 Å². The number of nitrogens with one attached hydrogen (secondary N) is 1. The van der Waals surface area contributed by atoms with Crippen LogP contribution < -0.4 is 10.2 Å². The van der Waals surface area contributed by atoms with E-state index in [9.17, 15) is 19.2 Å². The van der Waals surface area contributed by atoms with Crippen molar-refractivity contribution in [2.45, 2.75) is 29.9 Å². The summed E-state index contributed by atoms with van der Waals surface area (Å²) in [6.07, 6.45) is 5.15. The van der Waals surface area contributed by atoms with E-state index in [0.717, 1.165) is 10.5 Å². The summed E-state index contributed by atoms with van der Waals surface area (Å²) in [4.78, 5) is 52.9. The van der Waals surface area contributed by atoms with Crippen molar-refractivity contribution in [3.63, 3.8) is 0 Å². The smallest absolute Gasteiger partial charge is 0.242 e. The Hall–Kier alpha value is -3.97. The summed E-state index contributed by atoms with van der Waals surface area (Å²) in [7, 11) is 0. The van der Waals surface area contributed by atoms with E-state index in [1.165, 1.54) is 23.6 Å². The molecule has 0 unspecified atom stereocenters. The highest BCUT2D eigenvalue weighted by atomic mass is 32.2. The fourth-order valence-corrected chi connectivity index (χ4v) is 5.79. The summed E-state index contributed by atoms with van der Waals surface area (Å²) in [6.45, 7) is 1.50. The zero-order valence-corrected chi connectivity index (χ0v) is 21.1. The number of amides is 3. The Balaban J connectivity index is 1.34. The second-order valence-corrected chi connectivity index (χ2v) is 10.4. The molecule has 0 spiro atoms. The first kappa shape index (κ1) is 24.7. The zero-order valence-electron chi connectivity index (χ0n) is 20.3. The van der Waals surface area contributed by atoms with E-state index in [4.69, 9.17) is 0 Å². The number of benzene rings is 3. The van der Waals surface area contributed by atoms with Crippen molar-refractivity contribution in [1.82, 2.24) is 0 Å². The van der Waals surface area contributed by atoms with Gasteiger partial charge in [0.05, 0.1) is 17.5 Å². The third-order valence-corrected chi connectivity index (χ3v) is 8.02. The average molecular weight is 511 g/mol. The number of Topliss-reactive ketones (excluding diaryl/α,β-unsaturated/α-hetero) is 1. The molecular weight excluding hydrogens is 484 g/mol. The van der Waals surface area contributed by atoms with Crippen LogP contribution in [0.25, 0.3) is 0 Å². The molecule has 3 atom stereocenters. The monoisotopic (exact) mass is 510 g/mol. The van der Waals surface area contributed by atoms with Gasteiger partial charge in [-0.3, -0.25) is 24.1 Å². The molecule has 0 bridgehead atoms. The first-order valence-electron chi connectivity index (χ1n) is 12.2. The van der Waals surface area contributed by atoms with Crippen molar-refractivity contribution < 1.29 is 19.2 Å². The Labute approximate surface area is 219 Å². The van der Waals surface area contributed by atoms with Gasteiger partial charge in [-0.05, 0) is 73.9 Å². The van der Waals surface area contributed by atoms with Crippen LogP contribution in [0.15, 0.2) is 95.9 Å². The lowest BCUT2D eigenvalue weighted by molar-refractivity contribution is -0.122. The van der Waals surface area contributed by atoms with Gasteiger partial charge >= 0.3 is 0 Å². The minimum Gasteiger partial charge on any atom is -0.325 e. The second kappa shape index (κ2) is 10.6. The van der Waals surface area contributed by atoms with Crippen molar-refractivity contribution >= 4 is 46.6 Å². The molecule has 1 heterocycles. The maximum absolute atomic E-state index is 13.3. The Morgan fingerprint density at radius 1 is 0.838 bits per heavy atom. The van der Waals surface area contributed by atoms with E-state index < -0.39 is 5.25 Å². The highest BCUT2D eigenvalue weighted by molar-refractivity contribution is 8.00. The van der Waals surface area contributed by atoms with Gasteiger partial charge in [0, 0.05) is 16.1 Å². The summed E-state index contributed by atoms with van der Waals surface area (Å²) in [5.74, 6) is -1.07. The summed E-state index contributed by atoms with van der Waals surface area (Å²) in [5, 5.41) is 2.41. The van der Waals surface area contributed by atoms with Crippen LogP contribution in [0, 0.1) is 11.8 Å². The molecular formula is C30H26N2O4S. The Kier molecular flexibility index (Phi) is 7.06. The number of nitrogens with zero attached hydrogens (tertiary/aromatic N) is 1. The molecule has 2 aliphatic rings. The SMILES string of the molecule is CC(=O)c1ccc(NC(=O)[C@@H](Sc2ccc(N3C(=O)[C@H]4CC=CC[C@H]4C3=O)cc2)c2ccccc2)cc1. The lowest BCUT2D eigenvalue weighted by Crippen LogP contribution is -2.30. The van der Waals surface area contributed by atoms with Gasteiger partial charge in [0.2, 0.25) is 17.7 Å². The van der Waals surface area contributed by atoms with Gasteiger partial charge < -0.3 is 5.32 Å². The highest BCUT2D eigenvalue weighted by Gasteiger charge is 2.47. The third kappa shape index (κ3) is 5.13. The molecule has 0 aromatic heterocycles. The van der Waals surface area contributed by atoms with Crippen LogP contribution >= 0.6 is 11.8 Å². The van der Waals surface area contributed by atoms with Crippen LogP contribution in [-0.2, 0) is 14.4 Å².